The molecule has 1 aromatic carbocycles. The van der Waals surface area contributed by atoms with Crippen molar-refractivity contribution in [1.82, 2.24) is 0 Å². The van der Waals surface area contributed by atoms with Crippen LogP contribution >= 0.6 is 0 Å². The third-order valence-corrected chi connectivity index (χ3v) is 3.26. The highest BCUT2D eigenvalue weighted by Gasteiger charge is 2.17. The normalized spacial score (nSPS) is 11.6. The van der Waals surface area contributed by atoms with E-state index in [2.05, 4.69) is 13.8 Å². The molecule has 0 aliphatic heterocycles. The summed E-state index contributed by atoms with van der Waals surface area (Å²) in [4.78, 5) is 12.0. The fourth-order valence-electron chi connectivity index (χ4n) is 1.59. The number of ether oxygens (including phenoxy) is 1. The molecule has 0 radical (unpaired) electrons. The highest BCUT2D eigenvalue weighted by atomic mass is 16.5. The molecular weight excluding hydrogens is 224 g/mol. The average molecular weight is 248 g/mol. The van der Waals surface area contributed by atoms with Crippen LogP contribution in [0, 0.1) is 0 Å². The smallest absolute Gasteiger partial charge is 0.188 e. The minimum atomic E-state index is -0.224. The Labute approximate surface area is 110 Å². The zero-order valence-corrected chi connectivity index (χ0v) is 12.0. The first-order valence-corrected chi connectivity index (χ1v) is 6.74. The Morgan fingerprint density at radius 3 is 2.28 bits per heavy atom. The van der Waals surface area contributed by atoms with Crippen LogP contribution < -0.4 is 0 Å². The fourth-order valence-corrected chi connectivity index (χ4v) is 1.59. The quantitative estimate of drug-likeness (QED) is 0.681. The molecule has 0 fully saturated rings. The summed E-state index contributed by atoms with van der Waals surface area (Å²) in [5, 5.41) is 0. The minimum absolute atomic E-state index is 0.0552. The maximum atomic E-state index is 12.0. The van der Waals surface area contributed by atoms with Crippen LogP contribution in [0.3, 0.4) is 0 Å². The monoisotopic (exact) mass is 248 g/mol. The van der Waals surface area contributed by atoms with Gasteiger partial charge >= 0.3 is 0 Å². The first kappa shape index (κ1) is 14.9. The van der Waals surface area contributed by atoms with E-state index >= 15 is 0 Å². The second-order valence-corrected chi connectivity index (χ2v) is 5.27. The van der Waals surface area contributed by atoms with Crippen LogP contribution in [0.2, 0.25) is 0 Å². The van der Waals surface area contributed by atoms with Crippen LogP contribution in [-0.2, 0) is 11.2 Å². The number of benzene rings is 1. The topological polar surface area (TPSA) is 26.3 Å². The Balaban J connectivity index is 2.56. The van der Waals surface area contributed by atoms with Gasteiger partial charge in [0.05, 0.1) is 5.60 Å². The molecule has 0 unspecified atom stereocenters. The number of hydrogen-bond acceptors (Lipinski definition) is 2. The summed E-state index contributed by atoms with van der Waals surface area (Å²) in [7, 11) is 0. The van der Waals surface area contributed by atoms with E-state index in [4.69, 9.17) is 4.74 Å². The van der Waals surface area contributed by atoms with E-state index in [9.17, 15) is 4.79 Å². The molecule has 0 heterocycles. The van der Waals surface area contributed by atoms with Gasteiger partial charge in [0.15, 0.2) is 5.78 Å². The zero-order chi connectivity index (χ0) is 13.6. The molecule has 18 heavy (non-hydrogen) atoms. The summed E-state index contributed by atoms with van der Waals surface area (Å²) in [6.45, 7) is 8.38. The highest BCUT2D eigenvalue weighted by molar-refractivity contribution is 5.97. The van der Waals surface area contributed by atoms with Crippen LogP contribution in [0.4, 0.5) is 0 Å². The summed E-state index contributed by atoms with van der Waals surface area (Å²) in [5.74, 6) is 0.0552. The van der Waals surface area contributed by atoms with Gasteiger partial charge < -0.3 is 4.74 Å². The Hall–Kier alpha value is -1.15. The largest absolute Gasteiger partial charge is 0.367 e. The Kier molecular flexibility index (Phi) is 5.54. The molecule has 1 rings (SSSR count). The molecule has 0 amide bonds. The second-order valence-electron chi connectivity index (χ2n) is 5.27. The summed E-state index contributed by atoms with van der Waals surface area (Å²) in [6, 6.07) is 7.86. The highest BCUT2D eigenvalue weighted by Crippen LogP contribution is 2.14. The van der Waals surface area contributed by atoms with Gasteiger partial charge in [0.25, 0.3) is 0 Å². The first-order chi connectivity index (χ1) is 8.48. The van der Waals surface area contributed by atoms with E-state index in [-0.39, 0.29) is 18.0 Å². The molecule has 100 valence electrons. The molecule has 0 aliphatic carbocycles. The molecule has 0 aromatic heterocycles. The lowest BCUT2D eigenvalue weighted by atomic mass is 10.0. The fraction of sp³-hybridized carbons (Fsp3) is 0.562. The number of ketones is 1. The van der Waals surface area contributed by atoms with Crippen molar-refractivity contribution in [3.8, 4) is 0 Å². The third-order valence-electron chi connectivity index (χ3n) is 3.26. The SMILES string of the molecule is CCCc1ccc(C(=O)COC(C)(C)CC)cc1. The first-order valence-electron chi connectivity index (χ1n) is 6.74. The number of rotatable bonds is 7. The summed E-state index contributed by atoms with van der Waals surface area (Å²) in [6.07, 6.45) is 3.09. The standard InChI is InChI=1S/C16H24O2/c1-5-7-13-8-10-14(11-9-13)15(17)12-18-16(3,4)6-2/h8-11H,5-7,12H2,1-4H3. The lowest BCUT2D eigenvalue weighted by molar-refractivity contribution is -0.0122. The van der Waals surface area contributed by atoms with Gasteiger partial charge in [0, 0.05) is 5.56 Å². The maximum Gasteiger partial charge on any atom is 0.188 e. The molecule has 0 bridgehead atoms. The summed E-state index contributed by atoms with van der Waals surface area (Å²) < 4.78 is 5.62. The zero-order valence-electron chi connectivity index (χ0n) is 12.0. The van der Waals surface area contributed by atoms with Crippen LogP contribution in [0.25, 0.3) is 0 Å². The molecule has 0 aliphatic rings. The molecule has 0 saturated carbocycles. The lowest BCUT2D eigenvalue weighted by Crippen LogP contribution is -2.26. The Morgan fingerprint density at radius 2 is 1.78 bits per heavy atom. The van der Waals surface area contributed by atoms with Gasteiger partial charge in [-0.05, 0) is 32.3 Å². The molecule has 0 spiro atoms. The molecule has 0 saturated heterocycles. The predicted molar refractivity (Wildman–Crippen MR) is 75.1 cm³/mol. The summed E-state index contributed by atoms with van der Waals surface area (Å²) >= 11 is 0. The van der Waals surface area contributed by atoms with Crippen molar-refractivity contribution >= 4 is 5.78 Å². The number of aryl methyl sites for hydroxylation is 1. The number of Topliss-reactive ketones (excluding diaryl/α,β-unsaturated/α-hetero) is 1. The molecule has 2 heteroatoms. The van der Waals surface area contributed by atoms with Crippen LogP contribution in [0.15, 0.2) is 24.3 Å². The van der Waals surface area contributed by atoms with Crippen molar-refractivity contribution in [1.29, 1.82) is 0 Å². The lowest BCUT2D eigenvalue weighted by Gasteiger charge is -2.22. The van der Waals surface area contributed by atoms with Crippen LogP contribution in [0.1, 0.15) is 56.5 Å². The van der Waals surface area contributed by atoms with E-state index in [0.29, 0.717) is 0 Å². The Bertz CT molecular complexity index is 377. The van der Waals surface area contributed by atoms with Crippen molar-refractivity contribution in [3.05, 3.63) is 35.4 Å². The van der Waals surface area contributed by atoms with Gasteiger partial charge in [-0.1, -0.05) is 44.5 Å². The van der Waals surface area contributed by atoms with Crippen molar-refractivity contribution in [3.63, 3.8) is 0 Å². The molecule has 0 atom stereocenters. The van der Waals surface area contributed by atoms with E-state index in [1.54, 1.807) is 0 Å². The van der Waals surface area contributed by atoms with Gasteiger partial charge in [0.2, 0.25) is 0 Å². The maximum absolute atomic E-state index is 12.0. The van der Waals surface area contributed by atoms with Crippen molar-refractivity contribution in [2.45, 2.75) is 52.6 Å². The van der Waals surface area contributed by atoms with E-state index in [1.807, 2.05) is 38.1 Å². The van der Waals surface area contributed by atoms with E-state index in [0.717, 1.165) is 24.8 Å². The summed E-state index contributed by atoms with van der Waals surface area (Å²) in [5.41, 5.74) is 1.79. The minimum Gasteiger partial charge on any atom is -0.367 e. The van der Waals surface area contributed by atoms with Gasteiger partial charge in [-0.25, -0.2) is 0 Å². The number of hydrogen-bond donors (Lipinski definition) is 0. The number of carbonyl (C=O) groups excluding carboxylic acids is 1. The second kappa shape index (κ2) is 6.69. The van der Waals surface area contributed by atoms with Crippen molar-refractivity contribution in [2.24, 2.45) is 0 Å². The molecular formula is C16H24O2. The van der Waals surface area contributed by atoms with Gasteiger partial charge in [-0.2, -0.15) is 0 Å². The van der Waals surface area contributed by atoms with Crippen molar-refractivity contribution in [2.75, 3.05) is 6.61 Å². The number of carbonyl (C=O) groups is 1. The molecule has 0 N–H and O–H groups in total. The van der Waals surface area contributed by atoms with Gasteiger partial charge in [-0.15, -0.1) is 0 Å². The Morgan fingerprint density at radius 1 is 1.17 bits per heavy atom. The average Bonchev–Trinajstić information content (AvgIpc) is 2.37. The van der Waals surface area contributed by atoms with Crippen LogP contribution in [0.5, 0.6) is 0 Å². The predicted octanol–water partition coefficient (Wildman–Crippen LogP) is 4.03. The van der Waals surface area contributed by atoms with Crippen LogP contribution in [-0.4, -0.2) is 18.0 Å². The van der Waals surface area contributed by atoms with Gasteiger partial charge in [-0.3, -0.25) is 4.79 Å². The van der Waals surface area contributed by atoms with Crippen molar-refractivity contribution < 1.29 is 9.53 Å². The third kappa shape index (κ3) is 4.61. The van der Waals surface area contributed by atoms with E-state index in [1.165, 1.54) is 5.56 Å². The van der Waals surface area contributed by atoms with Gasteiger partial charge in [0.1, 0.15) is 6.61 Å². The molecule has 1 aromatic rings. The molecule has 2 nitrogen and oxygen atoms in total. The van der Waals surface area contributed by atoms with E-state index < -0.39 is 0 Å².